The minimum absolute atomic E-state index is 0.0942. The van der Waals surface area contributed by atoms with Gasteiger partial charge in [-0.2, -0.15) is 0 Å². The second-order valence-corrected chi connectivity index (χ2v) is 6.78. The number of nitrogens with zero attached hydrogens (tertiary/aromatic N) is 2. The molecule has 5 heteroatoms. The second-order valence-electron chi connectivity index (χ2n) is 5.78. The average molecular weight is 332 g/mol. The van der Waals surface area contributed by atoms with Gasteiger partial charge in [-0.05, 0) is 24.6 Å². The van der Waals surface area contributed by atoms with Crippen LogP contribution < -0.4 is 4.90 Å². The van der Waals surface area contributed by atoms with Gasteiger partial charge in [0.15, 0.2) is 0 Å². The first kappa shape index (κ1) is 16.0. The monoisotopic (exact) mass is 332 g/mol. The fourth-order valence-corrected chi connectivity index (χ4v) is 3.88. The van der Waals surface area contributed by atoms with E-state index in [1.54, 1.807) is 23.5 Å². The number of benzene rings is 1. The first-order valence-electron chi connectivity index (χ1n) is 8.05. The summed E-state index contributed by atoms with van der Waals surface area (Å²) in [5, 5.41) is 1.95. The third-order valence-corrected chi connectivity index (χ3v) is 5.15. The Hall–Kier alpha value is -1.88. The summed E-state index contributed by atoms with van der Waals surface area (Å²) in [7, 11) is 0. The molecule has 1 amide bonds. The highest BCUT2D eigenvalue weighted by atomic mass is 32.1. The number of carbonyl (C=O) groups is 1. The summed E-state index contributed by atoms with van der Waals surface area (Å²) in [6.45, 7) is 4.73. The van der Waals surface area contributed by atoms with E-state index in [0.717, 1.165) is 18.4 Å². The van der Waals surface area contributed by atoms with Gasteiger partial charge in [0.1, 0.15) is 5.82 Å². The SMILES string of the molecule is CCCc1cc(C(=O)N2CCN(c3ccccc3F)CC2)cs1. The highest BCUT2D eigenvalue weighted by molar-refractivity contribution is 7.10. The molecule has 1 aromatic heterocycles. The molecule has 0 spiro atoms. The summed E-state index contributed by atoms with van der Waals surface area (Å²) in [5.74, 6) is -0.105. The predicted molar refractivity (Wildman–Crippen MR) is 92.8 cm³/mol. The topological polar surface area (TPSA) is 23.6 Å². The molecule has 1 aliphatic heterocycles. The highest BCUT2D eigenvalue weighted by Gasteiger charge is 2.24. The summed E-state index contributed by atoms with van der Waals surface area (Å²) in [6.07, 6.45) is 2.12. The fourth-order valence-electron chi connectivity index (χ4n) is 2.91. The number of carbonyl (C=O) groups excluding carboxylic acids is 1. The van der Waals surface area contributed by atoms with E-state index in [-0.39, 0.29) is 11.7 Å². The Kier molecular flexibility index (Phi) is 4.96. The lowest BCUT2D eigenvalue weighted by atomic mass is 10.2. The van der Waals surface area contributed by atoms with Crippen molar-refractivity contribution in [2.75, 3.05) is 31.1 Å². The van der Waals surface area contributed by atoms with Gasteiger partial charge >= 0.3 is 0 Å². The van der Waals surface area contributed by atoms with Crippen molar-refractivity contribution in [1.82, 2.24) is 4.90 Å². The Labute approximate surface area is 140 Å². The first-order chi connectivity index (χ1) is 11.2. The van der Waals surface area contributed by atoms with Crippen molar-refractivity contribution < 1.29 is 9.18 Å². The molecular formula is C18H21FN2OS. The van der Waals surface area contributed by atoms with Crippen molar-refractivity contribution in [3.8, 4) is 0 Å². The lowest BCUT2D eigenvalue weighted by Crippen LogP contribution is -2.49. The predicted octanol–water partition coefficient (Wildman–Crippen LogP) is 3.80. The summed E-state index contributed by atoms with van der Waals surface area (Å²) in [6, 6.07) is 8.83. The van der Waals surface area contributed by atoms with Crippen molar-refractivity contribution in [3.63, 3.8) is 0 Å². The Bertz CT molecular complexity index is 677. The molecule has 122 valence electrons. The first-order valence-corrected chi connectivity index (χ1v) is 8.93. The van der Waals surface area contributed by atoms with Gasteiger partial charge < -0.3 is 9.80 Å². The van der Waals surface area contributed by atoms with Crippen molar-refractivity contribution in [2.24, 2.45) is 0 Å². The number of amides is 1. The minimum Gasteiger partial charge on any atom is -0.366 e. The summed E-state index contributed by atoms with van der Waals surface area (Å²) >= 11 is 1.66. The fraction of sp³-hybridized carbons (Fsp3) is 0.389. The van der Waals surface area contributed by atoms with E-state index in [0.29, 0.717) is 31.9 Å². The van der Waals surface area contributed by atoms with Crippen molar-refractivity contribution >= 4 is 22.9 Å². The molecule has 0 atom stereocenters. The molecule has 23 heavy (non-hydrogen) atoms. The molecule has 0 aliphatic carbocycles. The number of thiophene rings is 1. The van der Waals surface area contributed by atoms with Gasteiger partial charge in [-0.25, -0.2) is 4.39 Å². The van der Waals surface area contributed by atoms with E-state index < -0.39 is 0 Å². The largest absolute Gasteiger partial charge is 0.366 e. The maximum Gasteiger partial charge on any atom is 0.254 e. The van der Waals surface area contributed by atoms with Crippen molar-refractivity contribution in [2.45, 2.75) is 19.8 Å². The maximum absolute atomic E-state index is 13.8. The molecule has 0 bridgehead atoms. The molecule has 0 saturated carbocycles. The zero-order valence-electron chi connectivity index (χ0n) is 13.3. The van der Waals surface area contributed by atoms with E-state index in [2.05, 4.69) is 6.92 Å². The molecule has 1 saturated heterocycles. The van der Waals surface area contributed by atoms with E-state index in [1.807, 2.05) is 27.3 Å². The van der Waals surface area contributed by atoms with Crippen LogP contribution in [0.3, 0.4) is 0 Å². The Morgan fingerprint density at radius 3 is 2.65 bits per heavy atom. The minimum atomic E-state index is -0.200. The number of anilines is 1. The van der Waals surface area contributed by atoms with Crippen LogP contribution in [0.4, 0.5) is 10.1 Å². The van der Waals surface area contributed by atoms with Crippen LogP contribution in [0.1, 0.15) is 28.6 Å². The molecule has 0 radical (unpaired) electrons. The van der Waals surface area contributed by atoms with Gasteiger partial charge in [-0.1, -0.05) is 25.5 Å². The second kappa shape index (κ2) is 7.13. The Morgan fingerprint density at radius 1 is 1.22 bits per heavy atom. The summed E-state index contributed by atoms with van der Waals surface area (Å²) in [5.41, 5.74) is 1.41. The number of aryl methyl sites for hydroxylation is 1. The van der Waals surface area contributed by atoms with Crippen LogP contribution in [0.25, 0.3) is 0 Å². The van der Waals surface area contributed by atoms with Gasteiger partial charge in [0.2, 0.25) is 0 Å². The van der Waals surface area contributed by atoms with Gasteiger partial charge in [0.05, 0.1) is 11.3 Å². The number of piperazine rings is 1. The zero-order chi connectivity index (χ0) is 16.2. The van der Waals surface area contributed by atoms with Gasteiger partial charge in [0, 0.05) is 36.4 Å². The molecular weight excluding hydrogens is 311 g/mol. The van der Waals surface area contributed by atoms with Crippen LogP contribution >= 0.6 is 11.3 Å². The van der Waals surface area contributed by atoms with Gasteiger partial charge in [-0.3, -0.25) is 4.79 Å². The van der Waals surface area contributed by atoms with Crippen LogP contribution in [0.15, 0.2) is 35.7 Å². The average Bonchev–Trinajstić information content (AvgIpc) is 3.04. The smallest absolute Gasteiger partial charge is 0.254 e. The Morgan fingerprint density at radius 2 is 1.96 bits per heavy atom. The summed E-state index contributed by atoms with van der Waals surface area (Å²) in [4.78, 5) is 17.7. The maximum atomic E-state index is 13.8. The van der Waals surface area contributed by atoms with E-state index >= 15 is 0 Å². The quantitative estimate of drug-likeness (QED) is 0.850. The number of para-hydroxylation sites is 1. The van der Waals surface area contributed by atoms with Gasteiger partial charge in [0.25, 0.3) is 5.91 Å². The number of hydrogen-bond acceptors (Lipinski definition) is 3. The molecule has 1 fully saturated rings. The molecule has 2 heterocycles. The lowest BCUT2D eigenvalue weighted by Gasteiger charge is -2.36. The molecule has 0 unspecified atom stereocenters. The lowest BCUT2D eigenvalue weighted by molar-refractivity contribution is 0.0747. The molecule has 2 aromatic rings. The van der Waals surface area contributed by atoms with Crippen LogP contribution in [-0.4, -0.2) is 37.0 Å². The van der Waals surface area contributed by atoms with Crippen LogP contribution in [0, 0.1) is 5.82 Å². The standard InChI is InChI=1S/C18H21FN2OS/c1-2-5-15-12-14(13-23-15)18(22)21-10-8-20(9-11-21)17-7-4-3-6-16(17)19/h3-4,6-7,12-13H,2,5,8-11H2,1H3. The highest BCUT2D eigenvalue weighted by Crippen LogP contribution is 2.22. The van der Waals surface area contributed by atoms with E-state index in [1.165, 1.54) is 10.9 Å². The van der Waals surface area contributed by atoms with Crippen LogP contribution in [0.2, 0.25) is 0 Å². The molecule has 1 aromatic carbocycles. The van der Waals surface area contributed by atoms with Crippen LogP contribution in [0.5, 0.6) is 0 Å². The van der Waals surface area contributed by atoms with Crippen molar-refractivity contribution in [1.29, 1.82) is 0 Å². The third-order valence-electron chi connectivity index (χ3n) is 4.16. The molecule has 0 N–H and O–H groups in total. The number of halogens is 1. The third kappa shape index (κ3) is 3.55. The Balaban J connectivity index is 1.62. The van der Waals surface area contributed by atoms with Crippen LogP contribution in [-0.2, 0) is 6.42 Å². The van der Waals surface area contributed by atoms with E-state index in [9.17, 15) is 9.18 Å². The normalized spacial score (nSPS) is 15.0. The molecule has 3 nitrogen and oxygen atoms in total. The number of rotatable bonds is 4. The van der Waals surface area contributed by atoms with E-state index in [4.69, 9.17) is 0 Å². The molecule has 1 aliphatic rings. The van der Waals surface area contributed by atoms with Crippen molar-refractivity contribution in [3.05, 3.63) is 52.0 Å². The van der Waals surface area contributed by atoms with Gasteiger partial charge in [-0.15, -0.1) is 11.3 Å². The number of hydrogen-bond donors (Lipinski definition) is 0. The summed E-state index contributed by atoms with van der Waals surface area (Å²) < 4.78 is 13.8. The molecule has 3 rings (SSSR count). The zero-order valence-corrected chi connectivity index (χ0v) is 14.1.